The van der Waals surface area contributed by atoms with Crippen LogP contribution in [0.1, 0.15) is 24.6 Å². The van der Waals surface area contributed by atoms with Crippen molar-refractivity contribution in [2.45, 2.75) is 24.5 Å². The maximum absolute atomic E-state index is 13.0. The quantitative estimate of drug-likeness (QED) is 0.894. The monoisotopic (exact) mass is 264 g/mol. The molecule has 0 aromatic heterocycles. The van der Waals surface area contributed by atoms with Crippen LogP contribution in [0, 0.1) is 5.82 Å². The molecular formula is C14H17FN2O2. The molecule has 1 amide bonds. The number of carbonyl (C=O) groups is 1. The molecule has 19 heavy (non-hydrogen) atoms. The van der Waals surface area contributed by atoms with Crippen molar-refractivity contribution in [2.75, 3.05) is 20.3 Å². The first-order chi connectivity index (χ1) is 9.16. The maximum atomic E-state index is 13.0. The van der Waals surface area contributed by atoms with E-state index in [0.717, 1.165) is 18.4 Å². The van der Waals surface area contributed by atoms with Crippen molar-refractivity contribution < 1.29 is 13.9 Å². The molecule has 1 spiro atoms. The fourth-order valence-corrected chi connectivity index (χ4v) is 2.61. The van der Waals surface area contributed by atoms with Gasteiger partial charge in [0.1, 0.15) is 17.5 Å². The molecule has 102 valence electrons. The molecule has 4 nitrogen and oxygen atoms in total. The Kier molecular flexibility index (Phi) is 3.03. The number of hydrogen-bond donors (Lipinski definition) is 1. The van der Waals surface area contributed by atoms with Crippen molar-refractivity contribution in [3.8, 4) is 0 Å². The molecule has 1 aliphatic heterocycles. The highest BCUT2D eigenvalue weighted by atomic mass is 19.1. The van der Waals surface area contributed by atoms with Gasteiger partial charge in [0.05, 0.1) is 6.61 Å². The van der Waals surface area contributed by atoms with E-state index in [4.69, 9.17) is 4.74 Å². The largest absolute Gasteiger partial charge is 0.383 e. The lowest BCUT2D eigenvalue weighted by molar-refractivity contribution is -0.131. The van der Waals surface area contributed by atoms with E-state index in [1.165, 1.54) is 12.1 Å². The Bertz CT molecular complexity index is 485. The summed E-state index contributed by atoms with van der Waals surface area (Å²) in [4.78, 5) is 14.2. The van der Waals surface area contributed by atoms with Crippen LogP contribution in [0.15, 0.2) is 24.3 Å². The van der Waals surface area contributed by atoms with E-state index in [1.807, 2.05) is 0 Å². The Labute approximate surface area is 111 Å². The Morgan fingerprint density at radius 2 is 2.11 bits per heavy atom. The van der Waals surface area contributed by atoms with E-state index in [1.54, 1.807) is 24.1 Å². The smallest absolute Gasteiger partial charge is 0.244 e. The van der Waals surface area contributed by atoms with E-state index < -0.39 is 0 Å². The number of methoxy groups -OCH3 is 1. The summed E-state index contributed by atoms with van der Waals surface area (Å²) >= 11 is 0. The van der Waals surface area contributed by atoms with Crippen molar-refractivity contribution in [2.24, 2.45) is 0 Å². The van der Waals surface area contributed by atoms with Crippen LogP contribution in [0.3, 0.4) is 0 Å². The van der Waals surface area contributed by atoms with Gasteiger partial charge in [-0.25, -0.2) is 4.39 Å². The first-order valence-corrected chi connectivity index (χ1v) is 6.49. The molecule has 1 atom stereocenters. The molecule has 2 aliphatic rings. The molecule has 1 heterocycles. The number of hydrogen-bond acceptors (Lipinski definition) is 3. The Morgan fingerprint density at radius 3 is 2.68 bits per heavy atom. The van der Waals surface area contributed by atoms with Crippen LogP contribution in [-0.4, -0.2) is 36.6 Å². The topological polar surface area (TPSA) is 41.6 Å². The van der Waals surface area contributed by atoms with E-state index in [0.29, 0.717) is 13.2 Å². The highest BCUT2D eigenvalue weighted by Crippen LogP contribution is 2.45. The first kappa shape index (κ1) is 12.6. The second-order valence-electron chi connectivity index (χ2n) is 5.17. The van der Waals surface area contributed by atoms with Gasteiger partial charge in [0.25, 0.3) is 0 Å². The molecule has 1 saturated heterocycles. The van der Waals surface area contributed by atoms with Crippen LogP contribution in [0.2, 0.25) is 0 Å². The lowest BCUT2D eigenvalue weighted by Gasteiger charge is -2.24. The third-order valence-electron chi connectivity index (χ3n) is 3.87. The summed E-state index contributed by atoms with van der Waals surface area (Å²) in [6, 6.07) is 6.30. The van der Waals surface area contributed by atoms with Crippen molar-refractivity contribution in [3.05, 3.63) is 35.6 Å². The number of carbonyl (C=O) groups excluding carboxylic acids is 1. The zero-order valence-corrected chi connectivity index (χ0v) is 10.9. The van der Waals surface area contributed by atoms with E-state index in [-0.39, 0.29) is 23.4 Å². The van der Waals surface area contributed by atoms with E-state index in [2.05, 4.69) is 5.32 Å². The number of nitrogens with zero attached hydrogens (tertiary/aromatic N) is 1. The van der Waals surface area contributed by atoms with Crippen molar-refractivity contribution in [1.29, 1.82) is 0 Å². The second-order valence-corrected chi connectivity index (χ2v) is 5.17. The predicted molar refractivity (Wildman–Crippen MR) is 67.8 cm³/mol. The molecule has 3 rings (SSSR count). The average Bonchev–Trinajstić information content (AvgIpc) is 3.14. The normalized spacial score (nSPS) is 24.2. The van der Waals surface area contributed by atoms with Gasteiger partial charge in [-0.1, -0.05) is 12.1 Å². The standard InChI is InChI=1S/C14H17FN2O2/c1-19-9-8-17-12(10-2-4-11(15)5-3-10)16-14(6-7-14)13(17)18/h2-5,12,16H,6-9H2,1H3. The van der Waals surface area contributed by atoms with Gasteiger partial charge >= 0.3 is 0 Å². The second kappa shape index (κ2) is 4.58. The average molecular weight is 264 g/mol. The van der Waals surface area contributed by atoms with Crippen LogP contribution < -0.4 is 5.32 Å². The third kappa shape index (κ3) is 2.13. The van der Waals surface area contributed by atoms with Gasteiger partial charge in [0.2, 0.25) is 5.91 Å². The van der Waals surface area contributed by atoms with Gasteiger partial charge in [-0.15, -0.1) is 0 Å². The van der Waals surface area contributed by atoms with Gasteiger partial charge in [-0.05, 0) is 30.5 Å². The molecule has 1 unspecified atom stereocenters. The van der Waals surface area contributed by atoms with Gasteiger partial charge in [-0.2, -0.15) is 0 Å². The zero-order chi connectivity index (χ0) is 13.5. The summed E-state index contributed by atoms with van der Waals surface area (Å²) in [5.74, 6) is -0.128. The van der Waals surface area contributed by atoms with Crippen molar-refractivity contribution in [3.63, 3.8) is 0 Å². The molecule has 1 aromatic rings. The molecule has 0 bridgehead atoms. The summed E-state index contributed by atoms with van der Waals surface area (Å²) < 4.78 is 18.1. The minimum Gasteiger partial charge on any atom is -0.383 e. The molecule has 1 saturated carbocycles. The molecule has 1 N–H and O–H groups in total. The van der Waals surface area contributed by atoms with Crippen LogP contribution in [0.25, 0.3) is 0 Å². The highest BCUT2D eigenvalue weighted by Gasteiger charge is 2.59. The number of nitrogens with one attached hydrogen (secondary N) is 1. The van der Waals surface area contributed by atoms with E-state index in [9.17, 15) is 9.18 Å². The van der Waals surface area contributed by atoms with Crippen molar-refractivity contribution >= 4 is 5.91 Å². The third-order valence-corrected chi connectivity index (χ3v) is 3.87. The summed E-state index contributed by atoms with van der Waals surface area (Å²) in [6.07, 6.45) is 1.59. The summed E-state index contributed by atoms with van der Waals surface area (Å²) in [5.41, 5.74) is 0.543. The molecule has 5 heteroatoms. The zero-order valence-electron chi connectivity index (χ0n) is 10.9. The van der Waals surface area contributed by atoms with Gasteiger partial charge in [0.15, 0.2) is 0 Å². The number of amides is 1. The number of halogens is 1. The lowest BCUT2D eigenvalue weighted by Crippen LogP contribution is -2.34. The predicted octanol–water partition coefficient (Wildman–Crippen LogP) is 1.44. The fraction of sp³-hybridized carbons (Fsp3) is 0.500. The minimum atomic E-state index is -0.368. The first-order valence-electron chi connectivity index (χ1n) is 6.49. The van der Waals surface area contributed by atoms with Gasteiger partial charge < -0.3 is 9.64 Å². The summed E-state index contributed by atoms with van der Waals surface area (Å²) in [5, 5.41) is 3.38. The van der Waals surface area contributed by atoms with Crippen LogP contribution in [-0.2, 0) is 9.53 Å². The maximum Gasteiger partial charge on any atom is 0.244 e. The molecule has 0 radical (unpaired) electrons. The summed E-state index contributed by atoms with van der Waals surface area (Å²) in [7, 11) is 1.62. The number of rotatable bonds is 4. The van der Waals surface area contributed by atoms with Crippen LogP contribution >= 0.6 is 0 Å². The number of benzene rings is 1. The van der Waals surface area contributed by atoms with Gasteiger partial charge in [0, 0.05) is 13.7 Å². The van der Waals surface area contributed by atoms with Gasteiger partial charge in [-0.3, -0.25) is 10.1 Å². The number of ether oxygens (including phenoxy) is 1. The van der Waals surface area contributed by atoms with Crippen molar-refractivity contribution in [1.82, 2.24) is 10.2 Å². The lowest BCUT2D eigenvalue weighted by atomic mass is 10.1. The fourth-order valence-electron chi connectivity index (χ4n) is 2.61. The highest BCUT2D eigenvalue weighted by molar-refractivity contribution is 5.92. The van der Waals surface area contributed by atoms with E-state index >= 15 is 0 Å². The Hall–Kier alpha value is -1.46. The van der Waals surface area contributed by atoms with Crippen LogP contribution in [0.4, 0.5) is 4.39 Å². The Balaban J connectivity index is 1.85. The minimum absolute atomic E-state index is 0.138. The molecule has 1 aromatic carbocycles. The Morgan fingerprint density at radius 1 is 1.42 bits per heavy atom. The molecule has 2 fully saturated rings. The molecule has 1 aliphatic carbocycles. The SMILES string of the molecule is COCCN1C(=O)C2(CC2)NC1c1ccc(F)cc1. The van der Waals surface area contributed by atoms with Crippen LogP contribution in [0.5, 0.6) is 0 Å². The molecular weight excluding hydrogens is 247 g/mol. The summed E-state index contributed by atoms with van der Waals surface area (Å²) in [6.45, 7) is 1.05.